The lowest BCUT2D eigenvalue weighted by atomic mass is 10.0. The molecule has 0 fully saturated rings. The molecule has 2 aliphatic heterocycles. The Balaban J connectivity index is 0.000000241. The van der Waals surface area contributed by atoms with Crippen LogP contribution in [0.5, 0.6) is 23.0 Å². The van der Waals surface area contributed by atoms with Gasteiger partial charge < -0.3 is 24.7 Å². The molecule has 14 nitrogen and oxygen atoms in total. The smallest absolute Gasteiger partial charge is 0.272 e. The Morgan fingerprint density at radius 2 is 1.02 bits per heavy atom. The van der Waals surface area contributed by atoms with Gasteiger partial charge in [0.05, 0.1) is 23.6 Å². The normalized spacial score (nSPS) is 15.1. The Kier molecular flexibility index (Phi) is 15.0. The summed E-state index contributed by atoms with van der Waals surface area (Å²) in [5, 5.41) is 11.7. The van der Waals surface area contributed by atoms with Crippen LogP contribution in [0.15, 0.2) is 60.7 Å². The molecule has 0 bridgehead atoms. The maximum Gasteiger partial charge on any atom is 0.272 e. The molecule has 14 heteroatoms. The van der Waals surface area contributed by atoms with Crippen LogP contribution in [0.1, 0.15) is 129 Å². The summed E-state index contributed by atoms with van der Waals surface area (Å²) in [6.45, 7) is 23.7. The fourth-order valence-electron chi connectivity index (χ4n) is 7.47. The second-order valence-electron chi connectivity index (χ2n) is 18.4. The lowest BCUT2D eigenvalue weighted by molar-refractivity contribution is 0.0356. The van der Waals surface area contributed by atoms with E-state index >= 15 is 0 Å². The van der Waals surface area contributed by atoms with Crippen LogP contribution in [-0.2, 0) is 0 Å². The lowest BCUT2D eigenvalue weighted by Crippen LogP contribution is -2.56. The highest BCUT2D eigenvalue weighted by Crippen LogP contribution is 2.39. The number of nitrogens with zero attached hydrogens (tertiary/aromatic N) is 3. The monoisotopic (exact) mass is 874 g/mol. The van der Waals surface area contributed by atoms with Crippen LogP contribution in [-0.4, -0.2) is 76.7 Å². The topological polar surface area (TPSA) is 186 Å². The average molecular weight is 875 g/mol. The predicted molar refractivity (Wildman–Crippen MR) is 245 cm³/mol. The van der Waals surface area contributed by atoms with Crippen LogP contribution in [0.3, 0.4) is 0 Å². The summed E-state index contributed by atoms with van der Waals surface area (Å²) in [7, 11) is 0. The van der Waals surface area contributed by atoms with Gasteiger partial charge in [0, 0.05) is 33.4 Å². The Labute approximate surface area is 376 Å². The van der Waals surface area contributed by atoms with Crippen molar-refractivity contribution in [1.29, 1.82) is 5.26 Å². The standard InChI is InChI=1S/C25H33N3O4.C25H29N3O4/c2*1-15-11-16(2)13-18(12-15)24(30)28(25(4,5)6)27-23(29)20-7-8-21-22(17(20)3)32-19(9-10-26)14-31-21/h7-8,11-13,19H,9-10,14,26H2,1-6H3,(H,27,29);7-8,11-13,19H,9,14H2,1-6H3,(H,27,29)/t2*19-/m00/s1. The fourth-order valence-corrected chi connectivity index (χ4v) is 7.47. The molecule has 2 aliphatic rings. The van der Waals surface area contributed by atoms with E-state index in [9.17, 15) is 19.2 Å². The minimum absolute atomic E-state index is 0.151. The van der Waals surface area contributed by atoms with Crippen molar-refractivity contribution >= 4 is 23.6 Å². The summed E-state index contributed by atoms with van der Waals surface area (Å²) < 4.78 is 23.4. The van der Waals surface area contributed by atoms with Gasteiger partial charge in [0.2, 0.25) is 0 Å². The molecule has 0 saturated heterocycles. The van der Waals surface area contributed by atoms with Gasteiger partial charge in [-0.15, -0.1) is 0 Å². The number of nitriles is 1. The van der Waals surface area contributed by atoms with Gasteiger partial charge in [-0.1, -0.05) is 34.4 Å². The number of carbonyl (C=O) groups excluding carboxylic acids is 4. The molecule has 0 spiro atoms. The zero-order valence-corrected chi connectivity index (χ0v) is 39.1. The Hall–Kier alpha value is -6.59. The molecule has 0 unspecified atom stereocenters. The van der Waals surface area contributed by atoms with Gasteiger partial charge in [0.25, 0.3) is 23.6 Å². The molecule has 4 N–H and O–H groups in total. The fraction of sp³-hybridized carbons (Fsp3) is 0.420. The molecular weight excluding hydrogens is 813 g/mol. The largest absolute Gasteiger partial charge is 0.486 e. The van der Waals surface area contributed by atoms with Crippen LogP contribution in [0, 0.1) is 52.9 Å². The summed E-state index contributed by atoms with van der Waals surface area (Å²) in [6.07, 6.45) is 0.318. The van der Waals surface area contributed by atoms with Gasteiger partial charge in [-0.05, 0) is 145 Å². The number of benzene rings is 4. The zero-order valence-electron chi connectivity index (χ0n) is 39.1. The molecule has 0 aliphatic carbocycles. The highest BCUT2D eigenvalue weighted by molar-refractivity contribution is 6.02. The second-order valence-corrected chi connectivity index (χ2v) is 18.4. The highest BCUT2D eigenvalue weighted by atomic mass is 16.6. The number of hydrazine groups is 2. The van der Waals surface area contributed by atoms with Crippen molar-refractivity contribution in [3.05, 3.63) is 116 Å². The summed E-state index contributed by atoms with van der Waals surface area (Å²) in [6, 6.07) is 20.1. The van der Waals surface area contributed by atoms with Crippen molar-refractivity contribution < 1.29 is 38.1 Å². The number of ether oxygens (including phenoxy) is 4. The maximum atomic E-state index is 13.3. The van der Waals surface area contributed by atoms with E-state index in [1.54, 1.807) is 31.2 Å². The molecule has 6 rings (SSSR count). The minimum atomic E-state index is -0.663. The molecule has 0 saturated carbocycles. The Morgan fingerprint density at radius 1 is 0.641 bits per heavy atom. The molecule has 64 heavy (non-hydrogen) atoms. The molecule has 4 aromatic carbocycles. The zero-order chi connectivity index (χ0) is 47.3. The molecule has 4 amide bonds. The number of rotatable bonds is 7. The summed E-state index contributed by atoms with van der Waals surface area (Å²) >= 11 is 0. The predicted octanol–water partition coefficient (Wildman–Crippen LogP) is 7.94. The first-order valence-electron chi connectivity index (χ1n) is 21.4. The van der Waals surface area contributed by atoms with Gasteiger partial charge in [-0.3, -0.25) is 30.0 Å². The summed E-state index contributed by atoms with van der Waals surface area (Å²) in [5.74, 6) is 0.764. The van der Waals surface area contributed by atoms with Crippen LogP contribution < -0.4 is 35.5 Å². The number of aryl methyl sites for hydroxylation is 4. The van der Waals surface area contributed by atoms with E-state index in [2.05, 4.69) is 16.9 Å². The number of nitrogens with one attached hydrogen (secondary N) is 2. The van der Waals surface area contributed by atoms with Crippen molar-refractivity contribution in [2.24, 2.45) is 5.73 Å². The number of carbonyl (C=O) groups is 4. The van der Waals surface area contributed by atoms with Gasteiger partial charge in [-0.25, -0.2) is 10.0 Å². The highest BCUT2D eigenvalue weighted by Gasteiger charge is 2.34. The number of hydrogen-bond donors (Lipinski definition) is 3. The Bertz CT molecular complexity index is 2420. The first-order valence-corrected chi connectivity index (χ1v) is 21.4. The maximum absolute atomic E-state index is 13.3. The number of nitrogens with two attached hydrogens (primary N) is 1. The molecule has 340 valence electrons. The lowest BCUT2D eigenvalue weighted by Gasteiger charge is -2.36. The van der Waals surface area contributed by atoms with E-state index in [-0.39, 0.29) is 43.0 Å². The van der Waals surface area contributed by atoms with E-state index in [0.29, 0.717) is 76.0 Å². The molecule has 0 aromatic heterocycles. The van der Waals surface area contributed by atoms with E-state index < -0.39 is 17.0 Å². The molecular formula is C50H62N6O8. The van der Waals surface area contributed by atoms with Crippen molar-refractivity contribution in [2.45, 2.75) is 119 Å². The van der Waals surface area contributed by atoms with Gasteiger partial charge in [0.15, 0.2) is 23.0 Å². The van der Waals surface area contributed by atoms with Gasteiger partial charge >= 0.3 is 0 Å². The molecule has 4 aromatic rings. The number of amides is 4. The summed E-state index contributed by atoms with van der Waals surface area (Å²) in [4.78, 5) is 53.2. The van der Waals surface area contributed by atoms with E-state index in [4.69, 9.17) is 29.9 Å². The first kappa shape index (κ1) is 48.4. The van der Waals surface area contributed by atoms with Gasteiger partial charge in [0.1, 0.15) is 25.4 Å². The number of fused-ring (bicyclic) bond motifs is 2. The third-order valence-electron chi connectivity index (χ3n) is 10.6. The second kappa shape index (κ2) is 19.8. The van der Waals surface area contributed by atoms with Crippen LogP contribution in [0.25, 0.3) is 0 Å². The SMILES string of the molecule is Cc1cc(C)cc(C(=O)N(NC(=O)c2ccc3c(c2C)O[C@@H](CC#N)CO3)C(C)(C)C)c1.Cc1cc(C)cc(C(=O)N(NC(=O)c2ccc3c(c2C)O[C@@H](CCN)CO3)C(C)(C)C)c1. The van der Waals surface area contributed by atoms with Crippen LogP contribution in [0.2, 0.25) is 0 Å². The van der Waals surface area contributed by atoms with Crippen LogP contribution in [0.4, 0.5) is 0 Å². The van der Waals surface area contributed by atoms with Crippen molar-refractivity contribution in [3.8, 4) is 29.1 Å². The van der Waals surface area contributed by atoms with Gasteiger partial charge in [-0.2, -0.15) is 5.26 Å². The number of hydrogen-bond acceptors (Lipinski definition) is 10. The molecule has 2 atom stereocenters. The average Bonchev–Trinajstić information content (AvgIpc) is 3.21. The first-order chi connectivity index (χ1) is 30.0. The van der Waals surface area contributed by atoms with E-state index in [0.717, 1.165) is 22.3 Å². The third kappa shape index (κ3) is 11.5. The molecule has 0 radical (unpaired) electrons. The molecule has 2 heterocycles. The van der Waals surface area contributed by atoms with Crippen molar-refractivity contribution in [3.63, 3.8) is 0 Å². The van der Waals surface area contributed by atoms with Crippen LogP contribution >= 0.6 is 0 Å². The Morgan fingerprint density at radius 3 is 1.38 bits per heavy atom. The van der Waals surface area contributed by atoms with E-state index in [1.807, 2.05) is 113 Å². The third-order valence-corrected chi connectivity index (χ3v) is 10.6. The van der Waals surface area contributed by atoms with Crippen molar-refractivity contribution in [2.75, 3.05) is 19.8 Å². The quantitative estimate of drug-likeness (QED) is 0.154. The summed E-state index contributed by atoms with van der Waals surface area (Å²) in [5.41, 5.74) is 17.0. The van der Waals surface area contributed by atoms with E-state index in [1.165, 1.54) is 10.0 Å². The minimum Gasteiger partial charge on any atom is -0.486 e. The van der Waals surface area contributed by atoms with Crippen molar-refractivity contribution in [1.82, 2.24) is 20.9 Å².